The molecule has 0 aliphatic rings. The normalized spacial score (nSPS) is 16.1. The number of hydrogen-bond acceptors (Lipinski definition) is 2. The largest absolute Gasteiger partial charge is 0.481 e. The lowest BCUT2D eigenvalue weighted by Gasteiger charge is -2.33. The van der Waals surface area contributed by atoms with Gasteiger partial charge in [0.1, 0.15) is 0 Å². The van der Waals surface area contributed by atoms with E-state index in [0.29, 0.717) is 0 Å². The van der Waals surface area contributed by atoms with Gasteiger partial charge in [0.05, 0.1) is 11.8 Å². The van der Waals surface area contributed by atoms with Crippen molar-refractivity contribution in [2.45, 2.75) is 34.6 Å². The van der Waals surface area contributed by atoms with E-state index in [1.54, 1.807) is 34.6 Å². The second kappa shape index (κ2) is 4.64. The second-order valence-corrected chi connectivity index (χ2v) is 5.29. The van der Waals surface area contributed by atoms with Gasteiger partial charge in [0.25, 0.3) is 0 Å². The molecule has 4 nitrogen and oxygen atoms in total. The zero-order valence-electron chi connectivity index (χ0n) is 9.94. The van der Waals surface area contributed by atoms with Crippen molar-refractivity contribution >= 4 is 11.9 Å². The number of rotatable bonds is 4. The fraction of sp³-hybridized carbons (Fsp3) is 0.818. The third kappa shape index (κ3) is 3.53. The van der Waals surface area contributed by atoms with Gasteiger partial charge in [-0.15, -0.1) is 0 Å². The van der Waals surface area contributed by atoms with E-state index in [4.69, 9.17) is 10.2 Å². The predicted molar refractivity (Wildman–Crippen MR) is 56.5 cm³/mol. The first-order valence-corrected chi connectivity index (χ1v) is 5.04. The summed E-state index contributed by atoms with van der Waals surface area (Å²) in [5.41, 5.74) is -0.556. The van der Waals surface area contributed by atoms with Gasteiger partial charge < -0.3 is 10.2 Å². The van der Waals surface area contributed by atoms with Gasteiger partial charge in [-0.1, -0.05) is 34.6 Å². The number of carbonyl (C=O) groups is 2. The Bertz CT molecular complexity index is 250. The Morgan fingerprint density at radius 3 is 1.47 bits per heavy atom. The maximum absolute atomic E-state index is 11.1. The average molecular weight is 216 g/mol. The van der Waals surface area contributed by atoms with Crippen LogP contribution in [0.5, 0.6) is 0 Å². The maximum atomic E-state index is 11.1. The Kier molecular flexibility index (Phi) is 4.31. The molecule has 4 heteroatoms. The Morgan fingerprint density at radius 2 is 1.40 bits per heavy atom. The maximum Gasteiger partial charge on any atom is 0.307 e. The lowest BCUT2D eigenvalue weighted by Crippen LogP contribution is -2.41. The molecule has 0 saturated carbocycles. The van der Waals surface area contributed by atoms with Crippen LogP contribution in [-0.4, -0.2) is 22.2 Å². The highest BCUT2D eigenvalue weighted by Gasteiger charge is 2.43. The number of hydrogen-bond donors (Lipinski definition) is 2. The van der Waals surface area contributed by atoms with Crippen molar-refractivity contribution in [3.63, 3.8) is 0 Å². The molecular weight excluding hydrogens is 196 g/mol. The number of aliphatic carboxylic acids is 2. The van der Waals surface area contributed by atoms with Crippen molar-refractivity contribution < 1.29 is 19.8 Å². The summed E-state index contributed by atoms with van der Waals surface area (Å²) < 4.78 is 0. The van der Waals surface area contributed by atoms with Crippen LogP contribution < -0.4 is 0 Å². The van der Waals surface area contributed by atoms with Crippen molar-refractivity contribution in [3.05, 3.63) is 0 Å². The zero-order chi connectivity index (χ0) is 12.4. The van der Waals surface area contributed by atoms with E-state index >= 15 is 0 Å². The standard InChI is InChI=1S/C11H20O4/c1-6(2)7(9(12)13)8(10(14)15)11(3,4)5/h6-8H,1-5H3,(H,12,13)(H,14,15). The molecule has 0 aromatic heterocycles. The van der Waals surface area contributed by atoms with Gasteiger partial charge in [0.15, 0.2) is 0 Å². The number of carboxylic acid groups (broad SMARTS) is 2. The molecule has 0 heterocycles. The highest BCUT2D eigenvalue weighted by molar-refractivity contribution is 5.80. The van der Waals surface area contributed by atoms with Crippen LogP contribution >= 0.6 is 0 Å². The van der Waals surface area contributed by atoms with Crippen LogP contribution in [0.3, 0.4) is 0 Å². The molecule has 0 amide bonds. The summed E-state index contributed by atoms with van der Waals surface area (Å²) >= 11 is 0. The van der Waals surface area contributed by atoms with Crippen LogP contribution in [0.4, 0.5) is 0 Å². The molecule has 15 heavy (non-hydrogen) atoms. The van der Waals surface area contributed by atoms with Crippen LogP contribution in [0.15, 0.2) is 0 Å². The van der Waals surface area contributed by atoms with E-state index in [1.807, 2.05) is 0 Å². The molecule has 2 N–H and O–H groups in total. The Labute approximate surface area is 90.3 Å². The lowest BCUT2D eigenvalue weighted by atomic mass is 9.69. The summed E-state index contributed by atoms with van der Waals surface area (Å²) in [5.74, 6) is -3.98. The third-order valence-electron chi connectivity index (χ3n) is 2.56. The van der Waals surface area contributed by atoms with Gasteiger partial charge in [0.2, 0.25) is 0 Å². The fourth-order valence-electron chi connectivity index (χ4n) is 1.88. The predicted octanol–water partition coefficient (Wildman–Crippen LogP) is 2.09. The van der Waals surface area contributed by atoms with E-state index in [1.165, 1.54) is 0 Å². The summed E-state index contributed by atoms with van der Waals surface area (Å²) in [4.78, 5) is 22.2. The first kappa shape index (κ1) is 13.9. The Balaban J connectivity index is 5.21. The van der Waals surface area contributed by atoms with Crippen LogP contribution in [0, 0.1) is 23.2 Å². The van der Waals surface area contributed by atoms with Gasteiger partial charge in [0, 0.05) is 0 Å². The molecule has 0 radical (unpaired) electrons. The van der Waals surface area contributed by atoms with Crippen molar-refractivity contribution in [1.29, 1.82) is 0 Å². The summed E-state index contributed by atoms with van der Waals surface area (Å²) in [5, 5.41) is 18.2. The molecule has 0 rings (SSSR count). The lowest BCUT2D eigenvalue weighted by molar-refractivity contribution is -0.160. The van der Waals surface area contributed by atoms with E-state index in [-0.39, 0.29) is 5.92 Å². The second-order valence-electron chi connectivity index (χ2n) is 5.29. The minimum absolute atomic E-state index is 0.192. The van der Waals surface area contributed by atoms with Gasteiger partial charge in [-0.2, -0.15) is 0 Å². The highest BCUT2D eigenvalue weighted by atomic mass is 16.4. The third-order valence-corrected chi connectivity index (χ3v) is 2.56. The summed E-state index contributed by atoms with van der Waals surface area (Å²) in [6, 6.07) is 0. The van der Waals surface area contributed by atoms with Gasteiger partial charge in [-0.05, 0) is 11.3 Å². The minimum Gasteiger partial charge on any atom is -0.481 e. The summed E-state index contributed by atoms with van der Waals surface area (Å²) in [6.07, 6.45) is 0. The first-order chi connectivity index (χ1) is 6.59. The Hall–Kier alpha value is -1.06. The molecular formula is C11H20O4. The molecule has 0 spiro atoms. The molecule has 0 aromatic carbocycles. The van der Waals surface area contributed by atoms with Gasteiger partial charge in [-0.25, -0.2) is 0 Å². The average Bonchev–Trinajstić information content (AvgIpc) is 1.94. The van der Waals surface area contributed by atoms with Gasteiger partial charge >= 0.3 is 11.9 Å². The molecule has 0 aliphatic heterocycles. The van der Waals surface area contributed by atoms with Crippen molar-refractivity contribution in [1.82, 2.24) is 0 Å². The molecule has 2 unspecified atom stereocenters. The zero-order valence-corrected chi connectivity index (χ0v) is 9.94. The topological polar surface area (TPSA) is 74.6 Å². The summed E-state index contributed by atoms with van der Waals surface area (Å²) in [7, 11) is 0. The first-order valence-electron chi connectivity index (χ1n) is 5.04. The molecule has 0 aliphatic carbocycles. The van der Waals surface area contributed by atoms with E-state index < -0.39 is 29.2 Å². The highest BCUT2D eigenvalue weighted by Crippen LogP contribution is 2.36. The monoisotopic (exact) mass is 216 g/mol. The van der Waals surface area contributed by atoms with Crippen molar-refractivity contribution in [3.8, 4) is 0 Å². The van der Waals surface area contributed by atoms with E-state index in [9.17, 15) is 9.59 Å². The molecule has 0 aromatic rings. The quantitative estimate of drug-likeness (QED) is 0.754. The van der Waals surface area contributed by atoms with Crippen LogP contribution in [0.25, 0.3) is 0 Å². The molecule has 2 atom stereocenters. The molecule has 0 saturated heterocycles. The van der Waals surface area contributed by atoms with Crippen LogP contribution in [0.2, 0.25) is 0 Å². The van der Waals surface area contributed by atoms with Crippen molar-refractivity contribution in [2.24, 2.45) is 23.2 Å². The fourth-order valence-corrected chi connectivity index (χ4v) is 1.88. The summed E-state index contributed by atoms with van der Waals surface area (Å²) in [6.45, 7) is 8.74. The van der Waals surface area contributed by atoms with E-state index in [0.717, 1.165) is 0 Å². The number of carboxylic acids is 2. The molecule has 0 fully saturated rings. The van der Waals surface area contributed by atoms with E-state index in [2.05, 4.69) is 0 Å². The molecule has 0 bridgehead atoms. The molecule has 88 valence electrons. The SMILES string of the molecule is CC(C)C(C(=O)O)C(C(=O)O)C(C)(C)C. The van der Waals surface area contributed by atoms with Gasteiger partial charge in [-0.3, -0.25) is 9.59 Å². The smallest absolute Gasteiger partial charge is 0.307 e. The minimum atomic E-state index is -1.04. The van der Waals surface area contributed by atoms with Crippen LogP contribution in [0.1, 0.15) is 34.6 Å². The van der Waals surface area contributed by atoms with Crippen molar-refractivity contribution in [2.75, 3.05) is 0 Å². The Morgan fingerprint density at radius 1 is 1.00 bits per heavy atom. The van der Waals surface area contributed by atoms with Crippen LogP contribution in [-0.2, 0) is 9.59 Å².